The third-order valence-electron chi connectivity index (χ3n) is 4.30. The van der Waals surface area contributed by atoms with Crippen molar-refractivity contribution in [2.24, 2.45) is 11.7 Å². The topological polar surface area (TPSA) is 64.9 Å². The maximum atomic E-state index is 6.00. The fraction of sp³-hybridized carbons (Fsp3) is 0.857. The molecule has 2 N–H and O–H groups in total. The van der Waals surface area contributed by atoms with E-state index in [1.54, 1.807) is 0 Å². The average molecular weight is 251 g/mol. The molecule has 4 nitrogen and oxygen atoms in total. The number of aromatic nitrogens is 2. The van der Waals surface area contributed by atoms with Gasteiger partial charge in [-0.15, -0.1) is 0 Å². The van der Waals surface area contributed by atoms with E-state index in [9.17, 15) is 0 Å². The highest BCUT2D eigenvalue weighted by Gasteiger charge is 2.39. The van der Waals surface area contributed by atoms with E-state index in [4.69, 9.17) is 10.3 Å². The van der Waals surface area contributed by atoms with Crippen LogP contribution >= 0.6 is 0 Å². The predicted molar refractivity (Wildman–Crippen MR) is 71.3 cm³/mol. The molecule has 1 fully saturated rings. The molecule has 102 valence electrons. The van der Waals surface area contributed by atoms with Crippen molar-refractivity contribution in [3.05, 3.63) is 11.7 Å². The summed E-state index contributed by atoms with van der Waals surface area (Å²) in [6.07, 6.45) is 7.78. The van der Waals surface area contributed by atoms with Crippen LogP contribution in [0.3, 0.4) is 0 Å². The lowest BCUT2D eigenvalue weighted by atomic mass is 9.71. The van der Waals surface area contributed by atoms with E-state index in [-0.39, 0.29) is 5.41 Å². The molecular weight excluding hydrogens is 226 g/mol. The Morgan fingerprint density at radius 2 is 2.11 bits per heavy atom. The van der Waals surface area contributed by atoms with Gasteiger partial charge in [0, 0.05) is 13.0 Å². The Labute approximate surface area is 109 Å². The van der Waals surface area contributed by atoms with Crippen LogP contribution in [0.5, 0.6) is 0 Å². The first-order valence-corrected chi connectivity index (χ1v) is 7.23. The van der Waals surface area contributed by atoms with Gasteiger partial charge in [-0.1, -0.05) is 25.4 Å². The lowest BCUT2D eigenvalue weighted by Crippen LogP contribution is -2.39. The van der Waals surface area contributed by atoms with Gasteiger partial charge in [0.05, 0.1) is 5.41 Å². The lowest BCUT2D eigenvalue weighted by molar-refractivity contribution is 0.191. The van der Waals surface area contributed by atoms with Crippen molar-refractivity contribution in [1.82, 2.24) is 10.1 Å². The maximum Gasteiger partial charge on any atom is 0.234 e. The molecule has 0 bridgehead atoms. The van der Waals surface area contributed by atoms with Crippen molar-refractivity contribution < 1.29 is 4.52 Å². The first-order valence-electron chi connectivity index (χ1n) is 7.23. The van der Waals surface area contributed by atoms with Crippen molar-refractivity contribution >= 4 is 0 Å². The van der Waals surface area contributed by atoms with E-state index in [2.05, 4.69) is 24.0 Å². The molecule has 1 aromatic rings. The van der Waals surface area contributed by atoms with Gasteiger partial charge in [0.25, 0.3) is 0 Å². The molecule has 0 aromatic carbocycles. The second-order valence-electron chi connectivity index (χ2n) is 5.79. The number of unbranched alkanes of at least 4 members (excludes halogenated alkanes) is 1. The number of aryl methyl sites for hydroxylation is 1. The third-order valence-corrected chi connectivity index (χ3v) is 4.30. The van der Waals surface area contributed by atoms with Crippen LogP contribution in [0.25, 0.3) is 0 Å². The van der Waals surface area contributed by atoms with Crippen LogP contribution in [0.4, 0.5) is 0 Å². The summed E-state index contributed by atoms with van der Waals surface area (Å²) in [5.74, 6) is 2.42. The zero-order valence-electron chi connectivity index (χ0n) is 11.6. The average Bonchev–Trinajstić information content (AvgIpc) is 2.87. The van der Waals surface area contributed by atoms with E-state index < -0.39 is 0 Å². The van der Waals surface area contributed by atoms with Crippen molar-refractivity contribution in [2.45, 2.75) is 64.2 Å². The molecule has 0 spiro atoms. The van der Waals surface area contributed by atoms with Gasteiger partial charge in [-0.25, -0.2) is 0 Å². The monoisotopic (exact) mass is 251 g/mol. The van der Waals surface area contributed by atoms with E-state index >= 15 is 0 Å². The molecular formula is C14H25N3O. The molecule has 18 heavy (non-hydrogen) atoms. The number of hydrogen-bond acceptors (Lipinski definition) is 4. The number of nitrogens with zero attached hydrogens (tertiary/aromatic N) is 2. The molecule has 1 aliphatic rings. The molecule has 2 rings (SSSR count). The number of nitrogens with two attached hydrogens (primary N) is 1. The fourth-order valence-corrected chi connectivity index (χ4v) is 2.73. The molecule has 4 heteroatoms. The minimum absolute atomic E-state index is 0.0516. The zero-order valence-corrected chi connectivity index (χ0v) is 11.6. The van der Waals surface area contributed by atoms with Crippen LogP contribution in [0.15, 0.2) is 4.52 Å². The van der Waals surface area contributed by atoms with Crippen LogP contribution in [-0.4, -0.2) is 16.7 Å². The zero-order chi connectivity index (χ0) is 13.0. The Kier molecular flexibility index (Phi) is 4.38. The van der Waals surface area contributed by atoms with Gasteiger partial charge in [-0.05, 0) is 38.0 Å². The van der Waals surface area contributed by atoms with E-state index in [1.807, 2.05) is 0 Å². The summed E-state index contributed by atoms with van der Waals surface area (Å²) in [6, 6.07) is 0. The largest absolute Gasteiger partial charge is 0.339 e. The highest BCUT2D eigenvalue weighted by Crippen LogP contribution is 2.40. The molecule has 1 saturated carbocycles. The smallest absolute Gasteiger partial charge is 0.234 e. The van der Waals surface area contributed by atoms with Crippen LogP contribution < -0.4 is 5.73 Å². The highest BCUT2D eigenvalue weighted by molar-refractivity contribution is 5.08. The summed E-state index contributed by atoms with van der Waals surface area (Å²) < 4.78 is 5.49. The molecule has 1 aromatic heterocycles. The van der Waals surface area contributed by atoms with Gasteiger partial charge in [0.15, 0.2) is 5.82 Å². The van der Waals surface area contributed by atoms with Crippen molar-refractivity contribution in [3.63, 3.8) is 0 Å². The summed E-state index contributed by atoms with van der Waals surface area (Å²) in [5.41, 5.74) is 5.95. The van der Waals surface area contributed by atoms with Crippen LogP contribution in [-0.2, 0) is 11.8 Å². The Morgan fingerprint density at radius 1 is 1.39 bits per heavy atom. The second kappa shape index (κ2) is 5.83. The molecule has 0 aliphatic heterocycles. The Morgan fingerprint density at radius 3 is 2.72 bits per heavy atom. The second-order valence-corrected chi connectivity index (χ2v) is 5.79. The molecule has 0 atom stereocenters. The van der Waals surface area contributed by atoms with Gasteiger partial charge >= 0.3 is 0 Å². The molecule has 1 aliphatic carbocycles. The SMILES string of the molecule is CCCCc1noc(C2(CN)CCC(C)CC2)n1. The van der Waals surface area contributed by atoms with E-state index in [1.165, 1.54) is 12.8 Å². The Balaban J connectivity index is 2.09. The van der Waals surface area contributed by atoms with Crippen LogP contribution in [0.2, 0.25) is 0 Å². The van der Waals surface area contributed by atoms with Crippen molar-refractivity contribution in [3.8, 4) is 0 Å². The minimum Gasteiger partial charge on any atom is -0.339 e. The van der Waals surface area contributed by atoms with Gasteiger partial charge in [-0.3, -0.25) is 0 Å². The fourth-order valence-electron chi connectivity index (χ4n) is 2.73. The molecule has 0 unspecified atom stereocenters. The molecule has 1 heterocycles. The first-order chi connectivity index (χ1) is 8.70. The maximum absolute atomic E-state index is 6.00. The summed E-state index contributed by atoms with van der Waals surface area (Å²) in [6.45, 7) is 5.10. The van der Waals surface area contributed by atoms with E-state index in [0.717, 1.165) is 49.7 Å². The Hall–Kier alpha value is -0.900. The standard InChI is InChI=1S/C14H25N3O/c1-3-4-5-12-16-13(18-17-12)14(10-15)8-6-11(2)7-9-14/h11H,3-10,15H2,1-2H3. The van der Waals surface area contributed by atoms with Crippen molar-refractivity contribution in [2.75, 3.05) is 6.54 Å². The predicted octanol–water partition coefficient (Wildman–Crippen LogP) is 2.82. The third kappa shape index (κ3) is 2.74. The molecule has 0 saturated heterocycles. The summed E-state index contributed by atoms with van der Waals surface area (Å²) in [5, 5.41) is 4.10. The highest BCUT2D eigenvalue weighted by atomic mass is 16.5. The molecule has 0 radical (unpaired) electrons. The van der Waals surface area contributed by atoms with Gasteiger partial charge in [0.1, 0.15) is 0 Å². The van der Waals surface area contributed by atoms with Crippen LogP contribution in [0, 0.1) is 5.92 Å². The number of hydrogen-bond donors (Lipinski definition) is 1. The summed E-state index contributed by atoms with van der Waals surface area (Å²) in [4.78, 5) is 4.58. The quantitative estimate of drug-likeness (QED) is 0.874. The van der Waals surface area contributed by atoms with Crippen molar-refractivity contribution in [1.29, 1.82) is 0 Å². The first kappa shape index (κ1) is 13.5. The minimum atomic E-state index is -0.0516. The van der Waals surface area contributed by atoms with Gasteiger partial charge in [0.2, 0.25) is 5.89 Å². The summed E-state index contributed by atoms with van der Waals surface area (Å²) in [7, 11) is 0. The normalized spacial score (nSPS) is 28.5. The number of rotatable bonds is 5. The van der Waals surface area contributed by atoms with Gasteiger partial charge < -0.3 is 10.3 Å². The summed E-state index contributed by atoms with van der Waals surface area (Å²) >= 11 is 0. The lowest BCUT2D eigenvalue weighted by Gasteiger charge is -2.35. The Bertz CT molecular complexity index is 367. The van der Waals surface area contributed by atoms with Crippen LogP contribution in [0.1, 0.15) is 64.1 Å². The molecule has 0 amide bonds. The van der Waals surface area contributed by atoms with E-state index in [0.29, 0.717) is 6.54 Å². The van der Waals surface area contributed by atoms with Gasteiger partial charge in [-0.2, -0.15) is 4.98 Å².